The van der Waals surface area contributed by atoms with Crippen molar-refractivity contribution in [3.63, 3.8) is 0 Å². The lowest BCUT2D eigenvalue weighted by molar-refractivity contribution is -0.137. The Labute approximate surface area is 112 Å². The molecular weight excluding hydrogens is 244 g/mol. The first-order valence-electron chi connectivity index (χ1n) is 6.25. The van der Waals surface area contributed by atoms with Crippen LogP contribution in [0.4, 0.5) is 0 Å². The average Bonchev–Trinajstić information content (AvgIpc) is 2.37. The predicted octanol–water partition coefficient (Wildman–Crippen LogP) is 1.28. The third-order valence-corrected chi connectivity index (χ3v) is 3.14. The van der Waals surface area contributed by atoms with Gasteiger partial charge in [-0.2, -0.15) is 0 Å². The number of carboxylic acids is 1. The van der Waals surface area contributed by atoms with Crippen LogP contribution in [0.5, 0.6) is 0 Å². The number of nitrogens with two attached hydrogens (primary N) is 1. The quantitative estimate of drug-likeness (QED) is 0.659. The molecule has 0 bridgehead atoms. The Morgan fingerprint density at radius 1 is 1.32 bits per heavy atom. The van der Waals surface area contributed by atoms with Crippen LogP contribution < -0.4 is 11.1 Å². The topological polar surface area (TPSA) is 92.4 Å². The lowest BCUT2D eigenvalue weighted by Crippen LogP contribution is -2.52. The van der Waals surface area contributed by atoms with Crippen molar-refractivity contribution < 1.29 is 14.7 Å². The van der Waals surface area contributed by atoms with E-state index in [1.807, 2.05) is 30.3 Å². The molecule has 4 N–H and O–H groups in total. The molecule has 1 aromatic rings. The highest BCUT2D eigenvalue weighted by Crippen LogP contribution is 2.15. The molecule has 1 rings (SSSR count). The first kappa shape index (κ1) is 15.2. The van der Waals surface area contributed by atoms with Gasteiger partial charge in [-0.05, 0) is 25.3 Å². The molecule has 1 aromatic carbocycles. The Bertz CT molecular complexity index is 434. The largest absolute Gasteiger partial charge is 0.481 e. The molecule has 0 saturated heterocycles. The predicted molar refractivity (Wildman–Crippen MR) is 72.4 cm³/mol. The SMILES string of the molecule is CC(CCCC(=O)O)(NCc1ccccc1)C(N)=O. The third-order valence-electron chi connectivity index (χ3n) is 3.14. The summed E-state index contributed by atoms with van der Waals surface area (Å²) in [6, 6.07) is 9.66. The summed E-state index contributed by atoms with van der Waals surface area (Å²) >= 11 is 0. The van der Waals surface area contributed by atoms with Crippen LogP contribution in [0.1, 0.15) is 31.7 Å². The Morgan fingerprint density at radius 2 is 1.95 bits per heavy atom. The van der Waals surface area contributed by atoms with E-state index in [2.05, 4.69) is 5.32 Å². The van der Waals surface area contributed by atoms with Crippen molar-refractivity contribution in [2.45, 2.75) is 38.3 Å². The second-order valence-corrected chi connectivity index (χ2v) is 4.78. The molecule has 0 aromatic heterocycles. The lowest BCUT2D eigenvalue weighted by Gasteiger charge is -2.27. The van der Waals surface area contributed by atoms with E-state index in [1.54, 1.807) is 6.92 Å². The maximum Gasteiger partial charge on any atom is 0.303 e. The molecule has 0 saturated carbocycles. The van der Waals surface area contributed by atoms with Gasteiger partial charge in [-0.15, -0.1) is 0 Å². The molecule has 5 nitrogen and oxygen atoms in total. The van der Waals surface area contributed by atoms with Crippen LogP contribution in [0.3, 0.4) is 0 Å². The van der Waals surface area contributed by atoms with Gasteiger partial charge in [0, 0.05) is 13.0 Å². The monoisotopic (exact) mass is 264 g/mol. The average molecular weight is 264 g/mol. The first-order chi connectivity index (χ1) is 8.94. The van der Waals surface area contributed by atoms with E-state index >= 15 is 0 Å². The van der Waals surface area contributed by atoms with Crippen molar-refractivity contribution in [2.75, 3.05) is 0 Å². The van der Waals surface area contributed by atoms with Gasteiger partial charge in [-0.25, -0.2) is 0 Å². The van der Waals surface area contributed by atoms with Gasteiger partial charge >= 0.3 is 5.97 Å². The molecule has 0 spiro atoms. The summed E-state index contributed by atoms with van der Waals surface area (Å²) in [5.74, 6) is -1.33. The highest BCUT2D eigenvalue weighted by Gasteiger charge is 2.29. The van der Waals surface area contributed by atoms with Gasteiger partial charge in [0.05, 0.1) is 5.54 Å². The molecule has 104 valence electrons. The molecule has 0 fully saturated rings. The van der Waals surface area contributed by atoms with Gasteiger partial charge in [0.2, 0.25) is 5.91 Å². The summed E-state index contributed by atoms with van der Waals surface area (Å²) in [6.07, 6.45) is 0.855. The standard InChI is InChI=1S/C14H20N2O3/c1-14(13(15)19,9-5-8-12(17)18)16-10-11-6-3-2-4-7-11/h2-4,6-7,16H,5,8-10H2,1H3,(H2,15,19)(H,17,18). The normalized spacial score (nSPS) is 13.7. The van der Waals surface area contributed by atoms with Crippen LogP contribution >= 0.6 is 0 Å². The molecule has 19 heavy (non-hydrogen) atoms. The number of hydrogen-bond donors (Lipinski definition) is 3. The molecular formula is C14H20N2O3. The molecule has 0 heterocycles. The lowest BCUT2D eigenvalue weighted by atomic mass is 9.93. The summed E-state index contributed by atoms with van der Waals surface area (Å²) < 4.78 is 0. The number of carboxylic acid groups (broad SMARTS) is 1. The minimum atomic E-state index is -0.884. The number of hydrogen-bond acceptors (Lipinski definition) is 3. The van der Waals surface area contributed by atoms with Gasteiger partial charge in [0.25, 0.3) is 0 Å². The molecule has 0 radical (unpaired) electrons. The summed E-state index contributed by atoms with van der Waals surface area (Å²) in [5, 5.41) is 11.7. The maximum atomic E-state index is 11.5. The van der Waals surface area contributed by atoms with Crippen molar-refractivity contribution >= 4 is 11.9 Å². The minimum Gasteiger partial charge on any atom is -0.481 e. The van der Waals surface area contributed by atoms with E-state index in [0.717, 1.165) is 5.56 Å². The summed E-state index contributed by atoms with van der Waals surface area (Å²) in [5.41, 5.74) is 5.57. The van der Waals surface area contributed by atoms with Crippen LogP contribution in [0, 0.1) is 0 Å². The Morgan fingerprint density at radius 3 is 2.47 bits per heavy atom. The number of carbonyl (C=O) groups excluding carboxylic acids is 1. The van der Waals surface area contributed by atoms with E-state index in [4.69, 9.17) is 10.8 Å². The van der Waals surface area contributed by atoms with Crippen LogP contribution in [0.2, 0.25) is 0 Å². The second-order valence-electron chi connectivity index (χ2n) is 4.78. The highest BCUT2D eigenvalue weighted by atomic mass is 16.4. The van der Waals surface area contributed by atoms with Gasteiger partial charge < -0.3 is 10.8 Å². The number of nitrogens with one attached hydrogen (secondary N) is 1. The molecule has 0 aliphatic heterocycles. The number of aliphatic carboxylic acids is 1. The molecule has 1 atom stereocenters. The third kappa shape index (κ3) is 5.09. The van der Waals surface area contributed by atoms with Crippen molar-refractivity contribution in [1.29, 1.82) is 0 Å². The number of rotatable bonds is 8. The van der Waals surface area contributed by atoms with Gasteiger partial charge in [0.15, 0.2) is 0 Å². The molecule has 0 aliphatic rings. The van der Waals surface area contributed by atoms with Crippen molar-refractivity contribution in [3.05, 3.63) is 35.9 Å². The van der Waals surface area contributed by atoms with Gasteiger partial charge in [0.1, 0.15) is 0 Å². The van der Waals surface area contributed by atoms with E-state index in [1.165, 1.54) is 0 Å². The van der Waals surface area contributed by atoms with E-state index < -0.39 is 17.4 Å². The fourth-order valence-corrected chi connectivity index (χ4v) is 1.78. The number of benzene rings is 1. The van der Waals surface area contributed by atoms with Gasteiger partial charge in [-0.3, -0.25) is 14.9 Å². The number of carbonyl (C=O) groups is 2. The Balaban J connectivity index is 2.56. The van der Waals surface area contributed by atoms with Gasteiger partial charge in [-0.1, -0.05) is 30.3 Å². The molecule has 1 unspecified atom stereocenters. The number of amides is 1. The summed E-state index contributed by atoms with van der Waals surface area (Å²) in [7, 11) is 0. The fraction of sp³-hybridized carbons (Fsp3) is 0.429. The maximum absolute atomic E-state index is 11.5. The Kier molecular flexibility index (Phi) is 5.51. The Hall–Kier alpha value is -1.88. The number of primary amides is 1. The summed E-state index contributed by atoms with van der Waals surface area (Å²) in [4.78, 5) is 22.0. The minimum absolute atomic E-state index is 0.0376. The van der Waals surface area contributed by atoms with Crippen molar-refractivity contribution in [2.24, 2.45) is 5.73 Å². The van der Waals surface area contributed by atoms with E-state index in [9.17, 15) is 9.59 Å². The van der Waals surface area contributed by atoms with E-state index in [0.29, 0.717) is 19.4 Å². The van der Waals surface area contributed by atoms with Crippen LogP contribution in [-0.2, 0) is 16.1 Å². The zero-order chi connectivity index (χ0) is 14.3. The zero-order valence-electron chi connectivity index (χ0n) is 11.1. The molecule has 5 heteroatoms. The van der Waals surface area contributed by atoms with E-state index in [-0.39, 0.29) is 6.42 Å². The summed E-state index contributed by atoms with van der Waals surface area (Å²) in [6.45, 7) is 2.23. The smallest absolute Gasteiger partial charge is 0.303 e. The van der Waals surface area contributed by atoms with Crippen LogP contribution in [0.15, 0.2) is 30.3 Å². The molecule has 0 aliphatic carbocycles. The van der Waals surface area contributed by atoms with Crippen LogP contribution in [-0.4, -0.2) is 22.5 Å². The van der Waals surface area contributed by atoms with Crippen molar-refractivity contribution in [1.82, 2.24) is 5.32 Å². The first-order valence-corrected chi connectivity index (χ1v) is 6.25. The molecule has 1 amide bonds. The van der Waals surface area contributed by atoms with Crippen molar-refractivity contribution in [3.8, 4) is 0 Å². The zero-order valence-corrected chi connectivity index (χ0v) is 11.1. The highest BCUT2D eigenvalue weighted by molar-refractivity contribution is 5.84. The fourth-order valence-electron chi connectivity index (χ4n) is 1.78. The second kappa shape index (κ2) is 6.89. The van der Waals surface area contributed by atoms with Crippen LogP contribution in [0.25, 0.3) is 0 Å².